The van der Waals surface area contributed by atoms with Crippen LogP contribution in [0.4, 0.5) is 30.6 Å². The molecule has 1 aromatic carbocycles. The van der Waals surface area contributed by atoms with Gasteiger partial charge < -0.3 is 11.1 Å². The molecule has 0 spiro atoms. The van der Waals surface area contributed by atoms with E-state index < -0.39 is 11.7 Å². The maximum atomic E-state index is 12.5. The minimum absolute atomic E-state index is 0.0143. The Hall–Kier alpha value is -2.82. The summed E-state index contributed by atoms with van der Waals surface area (Å²) in [5, 5.41) is 11.6. The van der Waals surface area contributed by atoms with Gasteiger partial charge >= 0.3 is 6.18 Å². The van der Waals surface area contributed by atoms with Crippen LogP contribution in [0.3, 0.4) is 0 Å². The van der Waals surface area contributed by atoms with Crippen molar-refractivity contribution in [3.05, 3.63) is 41.6 Å². The molecule has 1 aromatic heterocycles. The maximum Gasteiger partial charge on any atom is 0.416 e. The second-order valence-corrected chi connectivity index (χ2v) is 3.80. The van der Waals surface area contributed by atoms with Crippen LogP contribution in [0.15, 0.2) is 30.5 Å². The first-order valence-corrected chi connectivity index (χ1v) is 5.37. The van der Waals surface area contributed by atoms with Gasteiger partial charge in [-0.1, -0.05) is 0 Å². The van der Waals surface area contributed by atoms with Crippen molar-refractivity contribution in [1.29, 1.82) is 5.26 Å². The van der Waals surface area contributed by atoms with E-state index in [0.717, 1.165) is 12.1 Å². The predicted molar refractivity (Wildman–Crippen MR) is 65.9 cm³/mol. The first-order valence-electron chi connectivity index (χ1n) is 5.37. The molecule has 5 nitrogen and oxygen atoms in total. The third kappa shape index (κ3) is 2.95. The summed E-state index contributed by atoms with van der Waals surface area (Å²) in [6, 6.07) is 6.01. The third-order valence-corrected chi connectivity index (χ3v) is 2.40. The van der Waals surface area contributed by atoms with E-state index in [0.29, 0.717) is 0 Å². The van der Waals surface area contributed by atoms with Gasteiger partial charge in [-0.2, -0.15) is 23.4 Å². The minimum atomic E-state index is -4.50. The van der Waals surface area contributed by atoms with Gasteiger partial charge in [0.15, 0.2) is 0 Å². The van der Waals surface area contributed by atoms with Gasteiger partial charge in [0.1, 0.15) is 11.9 Å². The average molecular weight is 279 g/mol. The van der Waals surface area contributed by atoms with Crippen LogP contribution in [0.25, 0.3) is 0 Å². The van der Waals surface area contributed by atoms with Crippen molar-refractivity contribution in [3.8, 4) is 6.07 Å². The lowest BCUT2D eigenvalue weighted by molar-refractivity contribution is -0.137. The van der Waals surface area contributed by atoms with Gasteiger partial charge in [0.05, 0.1) is 16.8 Å². The van der Waals surface area contributed by atoms with Crippen LogP contribution in [-0.2, 0) is 6.18 Å². The molecule has 0 unspecified atom stereocenters. The molecule has 2 aromatic rings. The van der Waals surface area contributed by atoms with E-state index in [2.05, 4.69) is 15.3 Å². The number of nitriles is 1. The van der Waals surface area contributed by atoms with Crippen molar-refractivity contribution in [3.63, 3.8) is 0 Å². The van der Waals surface area contributed by atoms with Gasteiger partial charge in [-0.25, -0.2) is 4.98 Å². The first kappa shape index (κ1) is 13.6. The van der Waals surface area contributed by atoms with E-state index in [-0.39, 0.29) is 23.0 Å². The van der Waals surface area contributed by atoms with Gasteiger partial charge in [-0.05, 0) is 24.3 Å². The lowest BCUT2D eigenvalue weighted by atomic mass is 10.1. The van der Waals surface area contributed by atoms with Crippen LogP contribution < -0.4 is 11.1 Å². The van der Waals surface area contributed by atoms with E-state index in [1.807, 2.05) is 0 Å². The molecular weight excluding hydrogens is 271 g/mol. The molecular formula is C12H8F3N5. The number of benzene rings is 1. The van der Waals surface area contributed by atoms with E-state index in [1.54, 1.807) is 6.07 Å². The number of anilines is 3. The molecule has 8 heteroatoms. The Bertz CT molecular complexity index is 676. The van der Waals surface area contributed by atoms with Crippen molar-refractivity contribution >= 4 is 17.5 Å². The summed E-state index contributed by atoms with van der Waals surface area (Å²) in [5.41, 5.74) is 4.57. The molecule has 102 valence electrons. The highest BCUT2D eigenvalue weighted by Crippen LogP contribution is 2.32. The first-order chi connectivity index (χ1) is 9.40. The number of aromatic nitrogens is 2. The topological polar surface area (TPSA) is 87.6 Å². The summed E-state index contributed by atoms with van der Waals surface area (Å²) in [7, 11) is 0. The number of nitrogens with zero attached hydrogens (tertiary/aromatic N) is 3. The summed E-state index contributed by atoms with van der Waals surface area (Å²) in [6.45, 7) is 0. The quantitative estimate of drug-likeness (QED) is 0.882. The molecule has 0 atom stereocenters. The normalized spacial score (nSPS) is 10.9. The SMILES string of the molecule is N#Cc1cc(C(F)(F)F)ccc1Nc1ccnc(N)n1. The monoisotopic (exact) mass is 279 g/mol. The Morgan fingerprint density at radius 1 is 1.25 bits per heavy atom. The molecule has 2 rings (SSSR count). The number of nitrogens with one attached hydrogen (secondary N) is 1. The third-order valence-electron chi connectivity index (χ3n) is 2.40. The molecule has 20 heavy (non-hydrogen) atoms. The Balaban J connectivity index is 2.36. The zero-order valence-corrected chi connectivity index (χ0v) is 9.94. The van der Waals surface area contributed by atoms with E-state index in [1.165, 1.54) is 18.3 Å². The lowest BCUT2D eigenvalue weighted by Gasteiger charge is -2.11. The fourth-order valence-electron chi connectivity index (χ4n) is 1.50. The molecule has 3 N–H and O–H groups in total. The Morgan fingerprint density at radius 2 is 2.00 bits per heavy atom. The standard InChI is InChI=1S/C12H8F3N5/c13-12(14,15)8-1-2-9(7(5-8)6-16)19-10-3-4-18-11(17)20-10/h1-5H,(H3,17,18,19,20). The van der Waals surface area contributed by atoms with Crippen LogP contribution in [0, 0.1) is 11.3 Å². The van der Waals surface area contributed by atoms with Crippen LogP contribution in [0.1, 0.15) is 11.1 Å². The van der Waals surface area contributed by atoms with E-state index >= 15 is 0 Å². The van der Waals surface area contributed by atoms with E-state index in [9.17, 15) is 13.2 Å². The lowest BCUT2D eigenvalue weighted by Crippen LogP contribution is -2.06. The van der Waals surface area contributed by atoms with Gasteiger partial charge in [0.25, 0.3) is 0 Å². The second kappa shape index (κ2) is 5.05. The minimum Gasteiger partial charge on any atom is -0.368 e. The highest BCUT2D eigenvalue weighted by Gasteiger charge is 2.31. The molecule has 0 amide bonds. The van der Waals surface area contributed by atoms with Crippen molar-refractivity contribution in [2.45, 2.75) is 6.18 Å². The number of nitrogen functional groups attached to an aromatic ring is 1. The average Bonchev–Trinajstić information content (AvgIpc) is 2.38. The summed E-state index contributed by atoms with van der Waals surface area (Å²) in [4.78, 5) is 7.52. The predicted octanol–water partition coefficient (Wildman–Crippen LogP) is 2.69. The van der Waals surface area contributed by atoms with Crippen LogP contribution in [0.2, 0.25) is 0 Å². The highest BCUT2D eigenvalue weighted by molar-refractivity contribution is 5.65. The van der Waals surface area contributed by atoms with Crippen LogP contribution in [0.5, 0.6) is 0 Å². The molecule has 0 bridgehead atoms. The number of rotatable bonds is 2. The molecule has 0 radical (unpaired) electrons. The van der Waals surface area contributed by atoms with Crippen molar-refractivity contribution in [2.24, 2.45) is 0 Å². The smallest absolute Gasteiger partial charge is 0.368 e. The Labute approximate surface area is 111 Å². The summed E-state index contributed by atoms with van der Waals surface area (Å²) in [6.07, 6.45) is -3.11. The summed E-state index contributed by atoms with van der Waals surface area (Å²) in [5.74, 6) is 0.300. The highest BCUT2D eigenvalue weighted by atomic mass is 19.4. The number of alkyl halides is 3. The fraction of sp³-hybridized carbons (Fsp3) is 0.0833. The molecule has 0 fully saturated rings. The van der Waals surface area contributed by atoms with Crippen LogP contribution >= 0.6 is 0 Å². The molecule has 0 aliphatic rings. The molecule has 0 aliphatic carbocycles. The second-order valence-electron chi connectivity index (χ2n) is 3.80. The van der Waals surface area contributed by atoms with Gasteiger partial charge in [0, 0.05) is 6.20 Å². The van der Waals surface area contributed by atoms with Gasteiger partial charge in [-0.15, -0.1) is 0 Å². The zero-order valence-electron chi connectivity index (χ0n) is 9.94. The zero-order chi connectivity index (χ0) is 14.8. The van der Waals surface area contributed by atoms with E-state index in [4.69, 9.17) is 11.0 Å². The van der Waals surface area contributed by atoms with Gasteiger partial charge in [0.2, 0.25) is 5.95 Å². The number of halogens is 3. The summed E-state index contributed by atoms with van der Waals surface area (Å²) < 4.78 is 37.6. The summed E-state index contributed by atoms with van der Waals surface area (Å²) >= 11 is 0. The van der Waals surface area contributed by atoms with Crippen molar-refractivity contribution < 1.29 is 13.2 Å². The van der Waals surface area contributed by atoms with Crippen molar-refractivity contribution in [1.82, 2.24) is 9.97 Å². The maximum absolute atomic E-state index is 12.5. The largest absolute Gasteiger partial charge is 0.416 e. The number of hydrogen-bond donors (Lipinski definition) is 2. The fourth-order valence-corrected chi connectivity index (χ4v) is 1.50. The Morgan fingerprint density at radius 3 is 2.60 bits per heavy atom. The molecule has 0 saturated carbocycles. The van der Waals surface area contributed by atoms with Crippen LogP contribution in [-0.4, -0.2) is 9.97 Å². The number of hydrogen-bond acceptors (Lipinski definition) is 5. The Kier molecular flexibility index (Phi) is 3.43. The van der Waals surface area contributed by atoms with Crippen molar-refractivity contribution in [2.75, 3.05) is 11.1 Å². The molecule has 1 heterocycles. The molecule has 0 saturated heterocycles. The number of nitrogens with two attached hydrogens (primary N) is 1. The van der Waals surface area contributed by atoms with Gasteiger partial charge in [-0.3, -0.25) is 0 Å². The molecule has 0 aliphatic heterocycles.